The lowest BCUT2D eigenvalue weighted by Crippen LogP contribution is -2.36. The molecule has 38 heavy (non-hydrogen) atoms. The van der Waals surface area contributed by atoms with Gasteiger partial charge in [0.1, 0.15) is 5.70 Å². The second kappa shape index (κ2) is 12.8. The minimum absolute atomic E-state index is 0.123. The maximum absolute atomic E-state index is 14.8. The zero-order chi connectivity index (χ0) is 26.8. The number of hydrogen-bond acceptors (Lipinski definition) is 4. The molecule has 4 aromatic rings. The number of carbonyl (C=O) groups is 2. The van der Waals surface area contributed by atoms with Gasteiger partial charge in [0.05, 0.1) is 11.9 Å². The molecule has 192 valence electrons. The maximum Gasteiger partial charge on any atom is 0.268 e. The molecule has 4 aromatic carbocycles. The second-order valence-corrected chi connectivity index (χ2v) is 10.7. The van der Waals surface area contributed by atoms with Crippen molar-refractivity contribution in [3.05, 3.63) is 144 Å². The molecule has 2 N–H and O–H groups in total. The van der Waals surface area contributed by atoms with Crippen molar-refractivity contribution in [3.63, 3.8) is 0 Å². The molecule has 0 heterocycles. The summed E-state index contributed by atoms with van der Waals surface area (Å²) in [7, 11) is -3.85. The number of benzene rings is 4. The molecule has 6 nitrogen and oxygen atoms in total. The van der Waals surface area contributed by atoms with Gasteiger partial charge in [-0.05, 0) is 42.3 Å². The van der Waals surface area contributed by atoms with E-state index in [9.17, 15) is 14.2 Å². The van der Waals surface area contributed by atoms with E-state index in [4.69, 9.17) is 4.52 Å². The predicted molar refractivity (Wildman–Crippen MR) is 151 cm³/mol. The first-order chi connectivity index (χ1) is 18.5. The van der Waals surface area contributed by atoms with Crippen LogP contribution in [0.1, 0.15) is 28.4 Å². The van der Waals surface area contributed by atoms with Gasteiger partial charge in [-0.3, -0.25) is 14.2 Å². The van der Waals surface area contributed by atoms with Crippen LogP contribution in [0.25, 0.3) is 5.31 Å². The highest BCUT2D eigenvalue weighted by Crippen LogP contribution is 2.59. The van der Waals surface area contributed by atoms with Gasteiger partial charge >= 0.3 is 0 Å². The number of rotatable bonds is 10. The molecule has 0 saturated heterocycles. The van der Waals surface area contributed by atoms with Crippen LogP contribution in [0.5, 0.6) is 0 Å². The van der Waals surface area contributed by atoms with Gasteiger partial charge in [0.15, 0.2) is 0 Å². The molecule has 2 amide bonds. The molecule has 0 aliphatic carbocycles. The van der Waals surface area contributed by atoms with Gasteiger partial charge in [-0.1, -0.05) is 97.1 Å². The normalized spacial score (nSPS) is 13.1. The molecule has 0 aliphatic heterocycles. The van der Waals surface area contributed by atoms with E-state index in [-0.39, 0.29) is 24.2 Å². The van der Waals surface area contributed by atoms with E-state index in [1.54, 1.807) is 85.8 Å². The first-order valence-electron chi connectivity index (χ1n) is 12.3. The fourth-order valence-electron chi connectivity index (χ4n) is 4.00. The van der Waals surface area contributed by atoms with Crippen molar-refractivity contribution in [2.24, 2.45) is 0 Å². The third-order valence-electron chi connectivity index (χ3n) is 5.78. The van der Waals surface area contributed by atoms with Crippen LogP contribution < -0.4 is 15.9 Å². The highest BCUT2D eigenvalue weighted by Gasteiger charge is 2.37. The molecule has 0 aliphatic rings. The number of amides is 2. The van der Waals surface area contributed by atoms with Crippen molar-refractivity contribution in [3.8, 4) is 0 Å². The molecule has 7 heteroatoms. The summed E-state index contributed by atoms with van der Waals surface area (Å²) >= 11 is 0. The van der Waals surface area contributed by atoms with Crippen LogP contribution in [0.2, 0.25) is 0 Å². The molecule has 0 aromatic heterocycles. The minimum Gasteiger partial charge on any atom is -0.347 e. The Bertz CT molecular complexity index is 1440. The van der Waals surface area contributed by atoms with Crippen LogP contribution in [-0.2, 0) is 20.4 Å². The summed E-state index contributed by atoms with van der Waals surface area (Å²) in [6.07, 6.45) is 0. The van der Waals surface area contributed by atoms with E-state index in [1.165, 1.54) is 0 Å². The largest absolute Gasteiger partial charge is 0.347 e. The highest BCUT2D eigenvalue weighted by molar-refractivity contribution is 7.77. The molecule has 0 spiro atoms. The van der Waals surface area contributed by atoms with Gasteiger partial charge < -0.3 is 15.2 Å². The van der Waals surface area contributed by atoms with Crippen LogP contribution in [0.15, 0.2) is 127 Å². The Balaban J connectivity index is 1.91. The zero-order valence-electron chi connectivity index (χ0n) is 21.0. The lowest BCUT2D eigenvalue weighted by molar-refractivity contribution is -0.117. The van der Waals surface area contributed by atoms with Crippen molar-refractivity contribution in [2.45, 2.75) is 13.5 Å². The summed E-state index contributed by atoms with van der Waals surface area (Å²) in [4.78, 5) is 27.2. The van der Waals surface area contributed by atoms with Gasteiger partial charge in [0.2, 0.25) is 0 Å². The van der Waals surface area contributed by atoms with Gasteiger partial charge in [-0.2, -0.15) is 0 Å². The fraction of sp³-hybridized carbons (Fsp3) is 0.0968. The third-order valence-corrected chi connectivity index (χ3v) is 8.45. The molecular formula is C31H29N2O4P. The third kappa shape index (κ3) is 6.35. The van der Waals surface area contributed by atoms with E-state index in [2.05, 4.69) is 10.6 Å². The molecule has 0 fully saturated rings. The van der Waals surface area contributed by atoms with Gasteiger partial charge in [-0.25, -0.2) is 0 Å². The average Bonchev–Trinajstić information content (AvgIpc) is 2.97. The standard InChI is InChI=1S/C31H29N2O4P/c1-2-37-38(36,27-21-13-6-14-22-27)29(25-17-9-4-10-18-25)28(33-30(34)26-19-11-5-12-20-26)31(35)32-23-24-15-7-3-8-16-24/h3-22H,2,23H2,1H3,(H,32,35)(H,33,34)/b29-28-/t38-/m0/s1. The first-order valence-corrected chi connectivity index (χ1v) is 13.9. The van der Waals surface area contributed by atoms with Crippen LogP contribution in [0, 0.1) is 0 Å². The van der Waals surface area contributed by atoms with Crippen molar-refractivity contribution >= 4 is 29.8 Å². The summed E-state index contributed by atoms with van der Waals surface area (Å²) in [5, 5.41) is 6.21. The quantitative estimate of drug-likeness (QED) is 0.205. The van der Waals surface area contributed by atoms with Crippen molar-refractivity contribution in [1.82, 2.24) is 10.6 Å². The number of nitrogens with one attached hydrogen (secondary N) is 2. The Labute approximate surface area is 222 Å². The van der Waals surface area contributed by atoms with E-state index < -0.39 is 19.2 Å². The lowest BCUT2D eigenvalue weighted by Gasteiger charge is -2.25. The molecule has 4 rings (SSSR count). The van der Waals surface area contributed by atoms with E-state index in [1.807, 2.05) is 42.5 Å². The Morgan fingerprint density at radius 3 is 1.76 bits per heavy atom. The van der Waals surface area contributed by atoms with Crippen LogP contribution in [-0.4, -0.2) is 18.4 Å². The second-order valence-electron chi connectivity index (χ2n) is 8.38. The van der Waals surface area contributed by atoms with E-state index in [0.717, 1.165) is 5.56 Å². The van der Waals surface area contributed by atoms with Crippen molar-refractivity contribution < 1.29 is 18.7 Å². The zero-order valence-corrected chi connectivity index (χ0v) is 21.9. The summed E-state index contributed by atoms with van der Waals surface area (Å²) in [6, 6.07) is 35.7. The van der Waals surface area contributed by atoms with Crippen LogP contribution in [0.3, 0.4) is 0 Å². The summed E-state index contributed by atoms with van der Waals surface area (Å²) < 4.78 is 20.8. The van der Waals surface area contributed by atoms with Crippen LogP contribution >= 0.6 is 7.37 Å². The molecule has 0 bridgehead atoms. The topological polar surface area (TPSA) is 84.5 Å². The Hall–Kier alpha value is -4.25. The molecule has 0 saturated carbocycles. The summed E-state index contributed by atoms with van der Waals surface area (Å²) in [5.74, 6) is -1.08. The smallest absolute Gasteiger partial charge is 0.268 e. The van der Waals surface area contributed by atoms with Crippen molar-refractivity contribution in [1.29, 1.82) is 0 Å². The highest BCUT2D eigenvalue weighted by atomic mass is 31.2. The fourth-order valence-corrected chi connectivity index (χ4v) is 6.40. The monoisotopic (exact) mass is 524 g/mol. The Kier molecular flexibility index (Phi) is 9.04. The molecule has 0 radical (unpaired) electrons. The van der Waals surface area contributed by atoms with Gasteiger partial charge in [-0.15, -0.1) is 0 Å². The molecule has 1 atom stereocenters. The Morgan fingerprint density at radius 2 is 1.21 bits per heavy atom. The summed E-state index contributed by atoms with van der Waals surface area (Å²) in [6.45, 7) is 2.10. The van der Waals surface area contributed by atoms with E-state index >= 15 is 0 Å². The molecule has 0 unspecified atom stereocenters. The average molecular weight is 525 g/mol. The molecular weight excluding hydrogens is 495 g/mol. The SMILES string of the molecule is CCO[P@](=O)(/C(=C(\NC(=O)c1ccccc1)C(=O)NCc1ccccc1)c1ccccc1)c1ccccc1. The Morgan fingerprint density at radius 1 is 0.711 bits per heavy atom. The first kappa shape index (κ1) is 26.8. The van der Waals surface area contributed by atoms with E-state index in [0.29, 0.717) is 16.4 Å². The minimum atomic E-state index is -3.85. The van der Waals surface area contributed by atoms with Crippen LogP contribution in [0.4, 0.5) is 0 Å². The van der Waals surface area contributed by atoms with Gasteiger partial charge in [0.25, 0.3) is 19.2 Å². The number of hydrogen-bond donors (Lipinski definition) is 2. The van der Waals surface area contributed by atoms with Gasteiger partial charge in [0, 0.05) is 17.4 Å². The summed E-state index contributed by atoms with van der Waals surface area (Å²) in [5.41, 5.74) is 1.62. The maximum atomic E-state index is 14.8. The lowest BCUT2D eigenvalue weighted by atomic mass is 10.1. The number of carbonyl (C=O) groups excluding carboxylic acids is 2. The van der Waals surface area contributed by atoms with Crippen molar-refractivity contribution in [2.75, 3.05) is 6.61 Å². The predicted octanol–water partition coefficient (Wildman–Crippen LogP) is 5.74.